The number of ether oxygens (including phenoxy) is 2. The predicted octanol–water partition coefficient (Wildman–Crippen LogP) is 0.148. The lowest BCUT2D eigenvalue weighted by Gasteiger charge is -2.46. The number of aliphatic hydroxyl groups excluding tert-OH is 4. The number of thioether (sulfide) groups is 1. The van der Waals surface area contributed by atoms with Crippen molar-refractivity contribution >= 4 is 17.7 Å². The first-order chi connectivity index (χ1) is 11.8. The number of benzene rings is 1. The molecule has 1 aliphatic heterocycles. The molecule has 8 heteroatoms. The van der Waals surface area contributed by atoms with Gasteiger partial charge in [-0.2, -0.15) is 0 Å². The summed E-state index contributed by atoms with van der Waals surface area (Å²) in [6, 6.07) is 9.01. The van der Waals surface area contributed by atoms with E-state index in [9.17, 15) is 20.1 Å². The van der Waals surface area contributed by atoms with Gasteiger partial charge in [0.15, 0.2) is 0 Å². The van der Waals surface area contributed by atoms with Crippen molar-refractivity contribution in [2.24, 2.45) is 5.92 Å². The molecule has 2 rings (SSSR count). The number of carbonyl (C=O) groups is 1. The minimum absolute atomic E-state index is 0.0289. The number of hydrogen-bond donors (Lipinski definition) is 4. The van der Waals surface area contributed by atoms with Gasteiger partial charge in [-0.15, -0.1) is 0 Å². The largest absolute Gasteiger partial charge is 0.466 e. The molecular weight excluding hydrogens is 348 g/mol. The van der Waals surface area contributed by atoms with E-state index >= 15 is 0 Å². The lowest BCUT2D eigenvalue weighted by atomic mass is 9.85. The van der Waals surface area contributed by atoms with Crippen LogP contribution >= 0.6 is 11.8 Å². The van der Waals surface area contributed by atoms with E-state index < -0.39 is 47.8 Å². The third kappa shape index (κ3) is 4.33. The van der Waals surface area contributed by atoms with E-state index in [4.69, 9.17) is 14.6 Å². The van der Waals surface area contributed by atoms with E-state index in [2.05, 4.69) is 0 Å². The van der Waals surface area contributed by atoms with Crippen molar-refractivity contribution in [3.05, 3.63) is 30.3 Å². The van der Waals surface area contributed by atoms with Gasteiger partial charge >= 0.3 is 5.97 Å². The van der Waals surface area contributed by atoms with Gasteiger partial charge in [0.25, 0.3) is 0 Å². The lowest BCUT2D eigenvalue weighted by molar-refractivity contribution is -0.214. The summed E-state index contributed by atoms with van der Waals surface area (Å²) in [5.41, 5.74) is 0. The molecule has 0 radical (unpaired) electrons. The summed E-state index contributed by atoms with van der Waals surface area (Å²) in [4.78, 5) is 11.6. The van der Waals surface area contributed by atoms with Crippen molar-refractivity contribution < 1.29 is 34.7 Å². The Morgan fingerprint density at radius 2 is 2.04 bits per heavy atom. The van der Waals surface area contributed by atoms with Crippen LogP contribution in [0.25, 0.3) is 0 Å². The summed E-state index contributed by atoms with van der Waals surface area (Å²) >= 11 is 1.08. The highest BCUT2D eigenvalue weighted by Crippen LogP contribution is 2.45. The van der Waals surface area contributed by atoms with Crippen LogP contribution in [0.2, 0.25) is 0 Å². The van der Waals surface area contributed by atoms with Gasteiger partial charge in [0.05, 0.1) is 25.9 Å². The van der Waals surface area contributed by atoms with Gasteiger partial charge in [0.1, 0.15) is 12.2 Å². The maximum Gasteiger partial charge on any atom is 0.349 e. The maximum atomic E-state index is 12.5. The number of methoxy groups -OCH3 is 1. The number of aliphatic hydroxyl groups is 4. The Bertz CT molecular complexity index is 569. The van der Waals surface area contributed by atoms with Crippen LogP contribution in [0.1, 0.15) is 13.3 Å². The van der Waals surface area contributed by atoms with E-state index in [0.717, 1.165) is 16.7 Å². The van der Waals surface area contributed by atoms with Gasteiger partial charge < -0.3 is 29.9 Å². The highest BCUT2D eigenvalue weighted by atomic mass is 32.2. The maximum absolute atomic E-state index is 12.5. The van der Waals surface area contributed by atoms with Crippen LogP contribution in [-0.4, -0.2) is 69.5 Å². The fourth-order valence-electron chi connectivity index (χ4n) is 2.84. The fraction of sp³-hybridized carbons (Fsp3) is 0.588. The predicted molar refractivity (Wildman–Crippen MR) is 90.8 cm³/mol. The van der Waals surface area contributed by atoms with Crippen molar-refractivity contribution in [3.8, 4) is 0 Å². The topological polar surface area (TPSA) is 116 Å². The Balaban J connectivity index is 2.36. The zero-order chi connectivity index (χ0) is 18.6. The van der Waals surface area contributed by atoms with E-state index in [0.29, 0.717) is 0 Å². The van der Waals surface area contributed by atoms with Crippen LogP contribution < -0.4 is 0 Å². The molecule has 1 unspecified atom stereocenters. The van der Waals surface area contributed by atoms with Gasteiger partial charge in [-0.3, -0.25) is 0 Å². The van der Waals surface area contributed by atoms with Crippen LogP contribution in [-0.2, 0) is 14.3 Å². The van der Waals surface area contributed by atoms with Crippen LogP contribution in [0.15, 0.2) is 35.2 Å². The Kier molecular flexibility index (Phi) is 6.84. The quantitative estimate of drug-likeness (QED) is 0.522. The number of esters is 1. The van der Waals surface area contributed by atoms with Crippen LogP contribution in [0.5, 0.6) is 0 Å². The molecule has 0 saturated carbocycles. The first-order valence-electron chi connectivity index (χ1n) is 8.00. The Morgan fingerprint density at radius 3 is 2.60 bits per heavy atom. The summed E-state index contributed by atoms with van der Waals surface area (Å²) < 4.78 is 10.8. The minimum Gasteiger partial charge on any atom is -0.466 e. The number of rotatable bonds is 6. The van der Waals surface area contributed by atoms with Gasteiger partial charge in [-0.25, -0.2) is 4.79 Å². The normalized spacial score (nSPS) is 32.0. The number of hydrogen-bond acceptors (Lipinski definition) is 8. The van der Waals surface area contributed by atoms with Crippen molar-refractivity contribution in [1.82, 2.24) is 0 Å². The first kappa shape index (κ1) is 20.2. The zero-order valence-electron chi connectivity index (χ0n) is 14.1. The number of carbonyl (C=O) groups excluding carboxylic acids is 1. The van der Waals surface area contributed by atoms with Crippen molar-refractivity contribution in [2.75, 3.05) is 13.7 Å². The molecule has 1 saturated heterocycles. The van der Waals surface area contributed by atoms with Crippen LogP contribution in [0, 0.1) is 5.92 Å². The first-order valence-corrected chi connectivity index (χ1v) is 8.81. The second kappa shape index (κ2) is 8.48. The summed E-state index contributed by atoms with van der Waals surface area (Å²) in [7, 11) is 1.22. The highest BCUT2D eigenvalue weighted by molar-refractivity contribution is 8.01. The van der Waals surface area contributed by atoms with Gasteiger partial charge in [0, 0.05) is 17.2 Å². The summed E-state index contributed by atoms with van der Waals surface area (Å²) in [5, 5.41) is 39.6. The van der Waals surface area contributed by atoms with E-state index in [1.165, 1.54) is 7.11 Å². The van der Waals surface area contributed by atoms with Crippen LogP contribution in [0.4, 0.5) is 0 Å². The molecule has 6 atom stereocenters. The van der Waals surface area contributed by atoms with E-state index in [1.807, 2.05) is 6.07 Å². The van der Waals surface area contributed by atoms with E-state index in [1.54, 1.807) is 31.2 Å². The standard InChI is InChI=1S/C17H24O7S/c1-10-12(19)8-17(16(22)23-2,25-11-6-4-3-5-7-11)24-15(10)14(21)13(20)9-18/h3-7,10,12-15,18-21H,8-9H2,1-2H3/t10-,12-,13-,14-,15?,17-/m1/s1. The zero-order valence-corrected chi connectivity index (χ0v) is 14.9. The van der Waals surface area contributed by atoms with Crippen molar-refractivity contribution in [1.29, 1.82) is 0 Å². The van der Waals surface area contributed by atoms with Gasteiger partial charge in [-0.05, 0) is 12.1 Å². The highest BCUT2D eigenvalue weighted by Gasteiger charge is 2.54. The molecule has 0 aromatic heterocycles. The molecule has 1 fully saturated rings. The monoisotopic (exact) mass is 372 g/mol. The molecule has 7 nitrogen and oxygen atoms in total. The SMILES string of the molecule is COC(=O)[C@]1(Sc2ccccc2)C[C@@H](O)[C@@H](C)C([C@H](O)[C@H](O)CO)O1. The third-order valence-corrected chi connectivity index (χ3v) is 5.64. The van der Waals surface area contributed by atoms with E-state index in [-0.39, 0.29) is 6.42 Å². The van der Waals surface area contributed by atoms with Crippen molar-refractivity contribution in [3.63, 3.8) is 0 Å². The molecule has 25 heavy (non-hydrogen) atoms. The molecule has 1 heterocycles. The molecular formula is C17H24O7S. The molecule has 0 bridgehead atoms. The molecule has 140 valence electrons. The fourth-order valence-corrected chi connectivity index (χ4v) is 4.09. The minimum atomic E-state index is -1.57. The average molecular weight is 372 g/mol. The third-order valence-electron chi connectivity index (χ3n) is 4.37. The molecule has 1 aromatic carbocycles. The summed E-state index contributed by atoms with van der Waals surface area (Å²) in [6.07, 6.45) is -4.96. The second-order valence-electron chi connectivity index (χ2n) is 6.11. The summed E-state index contributed by atoms with van der Waals surface area (Å²) in [6.45, 7) is 0.984. The molecule has 0 aliphatic carbocycles. The lowest BCUT2D eigenvalue weighted by Crippen LogP contribution is -2.59. The Morgan fingerprint density at radius 1 is 1.40 bits per heavy atom. The van der Waals surface area contributed by atoms with Gasteiger partial charge in [-0.1, -0.05) is 36.9 Å². The smallest absolute Gasteiger partial charge is 0.349 e. The second-order valence-corrected chi connectivity index (χ2v) is 7.45. The molecule has 4 N–H and O–H groups in total. The van der Waals surface area contributed by atoms with Gasteiger partial charge in [0.2, 0.25) is 4.93 Å². The molecule has 1 aromatic rings. The molecule has 1 aliphatic rings. The van der Waals surface area contributed by atoms with Crippen molar-refractivity contribution in [2.45, 2.75) is 47.6 Å². The average Bonchev–Trinajstić information content (AvgIpc) is 2.63. The Labute approximate surface area is 150 Å². The summed E-state index contributed by atoms with van der Waals surface area (Å²) in [5.74, 6) is -1.24. The molecule has 0 amide bonds. The Hall–Kier alpha value is -1.16. The molecule has 0 spiro atoms. The van der Waals surface area contributed by atoms with Crippen LogP contribution in [0.3, 0.4) is 0 Å².